The lowest BCUT2D eigenvalue weighted by Gasteiger charge is -2.38. The lowest BCUT2D eigenvalue weighted by atomic mass is 10.0. The van der Waals surface area contributed by atoms with Gasteiger partial charge in [0.15, 0.2) is 17.3 Å². The number of benzene rings is 1. The smallest absolute Gasteiger partial charge is 0.231 e. The zero-order valence-corrected chi connectivity index (χ0v) is 15.9. The van der Waals surface area contributed by atoms with Crippen molar-refractivity contribution in [1.29, 1.82) is 0 Å². The number of piperidine rings is 1. The van der Waals surface area contributed by atoms with Crippen LogP contribution >= 0.6 is 0 Å². The third-order valence-corrected chi connectivity index (χ3v) is 5.40. The summed E-state index contributed by atoms with van der Waals surface area (Å²) in [5.41, 5.74) is 1.11. The summed E-state index contributed by atoms with van der Waals surface area (Å²) in [5, 5.41) is 3.40. The number of aryl methyl sites for hydroxylation is 1. The molecule has 3 aliphatic rings. The van der Waals surface area contributed by atoms with Crippen molar-refractivity contribution >= 4 is 11.6 Å². The Hall–Kier alpha value is -2.58. The Morgan fingerprint density at radius 2 is 1.82 bits per heavy atom. The molecule has 0 aliphatic carbocycles. The Labute approximate surface area is 163 Å². The molecule has 5 rings (SSSR count). The van der Waals surface area contributed by atoms with Crippen LogP contribution in [0.25, 0.3) is 0 Å². The van der Waals surface area contributed by atoms with Gasteiger partial charge in [0.2, 0.25) is 6.79 Å². The van der Waals surface area contributed by atoms with Crippen molar-refractivity contribution in [2.75, 3.05) is 43.3 Å². The fourth-order valence-electron chi connectivity index (χ4n) is 3.91. The van der Waals surface area contributed by atoms with E-state index in [1.807, 2.05) is 31.2 Å². The molecule has 8 heteroatoms. The van der Waals surface area contributed by atoms with Crippen molar-refractivity contribution in [3.8, 4) is 11.5 Å². The SMILES string of the molecule is Cc1nc(NCc2ccc3c(c2)OCO3)cc(N2CCC3(CC2)OCCO3)n1. The molecular weight excluding hydrogens is 360 g/mol. The molecule has 28 heavy (non-hydrogen) atoms. The molecule has 0 amide bonds. The molecule has 148 valence electrons. The van der Waals surface area contributed by atoms with Gasteiger partial charge in [0.1, 0.15) is 17.5 Å². The van der Waals surface area contributed by atoms with Crippen LogP contribution in [0.3, 0.4) is 0 Å². The first kappa shape index (κ1) is 17.5. The molecular formula is C20H24N4O4. The lowest BCUT2D eigenvalue weighted by molar-refractivity contribution is -0.169. The number of ether oxygens (including phenoxy) is 4. The molecule has 2 fully saturated rings. The van der Waals surface area contributed by atoms with Crippen LogP contribution in [-0.2, 0) is 16.0 Å². The van der Waals surface area contributed by atoms with E-state index in [9.17, 15) is 0 Å². The standard InChI is InChI=1S/C20H24N4O4/c1-14-22-18(21-12-15-2-3-16-17(10-15)26-13-25-16)11-19(23-14)24-6-4-20(5-7-24)27-8-9-28-20/h2-3,10-11H,4-9,12-13H2,1H3,(H,21,22,23). The minimum absolute atomic E-state index is 0.286. The average molecular weight is 384 g/mol. The van der Waals surface area contributed by atoms with Crippen molar-refractivity contribution in [3.63, 3.8) is 0 Å². The second-order valence-corrected chi connectivity index (χ2v) is 7.29. The molecule has 0 unspecified atom stereocenters. The predicted molar refractivity (Wildman–Crippen MR) is 103 cm³/mol. The highest BCUT2D eigenvalue weighted by Gasteiger charge is 2.40. The first-order chi connectivity index (χ1) is 13.7. The monoisotopic (exact) mass is 384 g/mol. The minimum atomic E-state index is -0.376. The molecule has 0 atom stereocenters. The molecule has 1 aromatic heterocycles. The van der Waals surface area contributed by atoms with Gasteiger partial charge in [-0.25, -0.2) is 9.97 Å². The molecule has 0 saturated carbocycles. The van der Waals surface area contributed by atoms with Crippen molar-refractivity contribution < 1.29 is 18.9 Å². The van der Waals surface area contributed by atoms with Gasteiger partial charge in [0, 0.05) is 38.5 Å². The molecule has 2 aromatic rings. The Morgan fingerprint density at radius 1 is 1.04 bits per heavy atom. The zero-order valence-electron chi connectivity index (χ0n) is 15.9. The molecule has 1 aromatic carbocycles. The van der Waals surface area contributed by atoms with Crippen LogP contribution in [0.2, 0.25) is 0 Å². The van der Waals surface area contributed by atoms with Crippen LogP contribution < -0.4 is 19.7 Å². The van der Waals surface area contributed by atoms with Gasteiger partial charge >= 0.3 is 0 Å². The van der Waals surface area contributed by atoms with E-state index in [-0.39, 0.29) is 12.6 Å². The van der Waals surface area contributed by atoms with E-state index in [1.165, 1.54) is 0 Å². The van der Waals surface area contributed by atoms with Crippen LogP contribution in [-0.4, -0.2) is 48.9 Å². The van der Waals surface area contributed by atoms with E-state index in [0.717, 1.165) is 60.5 Å². The van der Waals surface area contributed by atoms with Crippen molar-refractivity contribution in [2.45, 2.75) is 32.1 Å². The highest BCUT2D eigenvalue weighted by Crippen LogP contribution is 2.34. The van der Waals surface area contributed by atoms with Gasteiger partial charge in [-0.05, 0) is 24.6 Å². The molecule has 0 bridgehead atoms. The van der Waals surface area contributed by atoms with Gasteiger partial charge in [-0.3, -0.25) is 0 Å². The van der Waals surface area contributed by atoms with Gasteiger partial charge < -0.3 is 29.2 Å². The number of hydrogen-bond acceptors (Lipinski definition) is 8. The summed E-state index contributed by atoms with van der Waals surface area (Å²) in [6.45, 7) is 5.96. The van der Waals surface area contributed by atoms with Crippen molar-refractivity contribution in [1.82, 2.24) is 9.97 Å². The summed E-state index contributed by atoms with van der Waals surface area (Å²) in [7, 11) is 0. The quantitative estimate of drug-likeness (QED) is 0.861. The minimum Gasteiger partial charge on any atom is -0.454 e. The number of nitrogens with zero attached hydrogens (tertiary/aromatic N) is 3. The number of rotatable bonds is 4. The first-order valence-corrected chi connectivity index (χ1v) is 9.70. The molecule has 2 saturated heterocycles. The van der Waals surface area contributed by atoms with Crippen molar-refractivity contribution in [3.05, 3.63) is 35.7 Å². The molecule has 8 nitrogen and oxygen atoms in total. The maximum absolute atomic E-state index is 5.82. The summed E-state index contributed by atoms with van der Waals surface area (Å²) in [5.74, 6) is 3.71. The van der Waals surface area contributed by atoms with E-state index in [4.69, 9.17) is 18.9 Å². The largest absolute Gasteiger partial charge is 0.454 e. The third kappa shape index (κ3) is 3.45. The number of fused-ring (bicyclic) bond motifs is 1. The lowest BCUT2D eigenvalue weighted by Crippen LogP contribution is -2.45. The van der Waals surface area contributed by atoms with Crippen LogP contribution in [0.1, 0.15) is 24.2 Å². The summed E-state index contributed by atoms with van der Waals surface area (Å²) in [4.78, 5) is 11.4. The number of nitrogens with one attached hydrogen (secondary N) is 1. The highest BCUT2D eigenvalue weighted by molar-refractivity contribution is 5.51. The fourth-order valence-corrected chi connectivity index (χ4v) is 3.91. The molecule has 1 N–H and O–H groups in total. The maximum atomic E-state index is 5.82. The average Bonchev–Trinajstić information content (AvgIpc) is 3.36. The summed E-state index contributed by atoms with van der Waals surface area (Å²) in [6, 6.07) is 7.97. The van der Waals surface area contributed by atoms with Crippen LogP contribution in [0.4, 0.5) is 11.6 Å². The summed E-state index contributed by atoms with van der Waals surface area (Å²) < 4.78 is 22.4. The highest BCUT2D eigenvalue weighted by atomic mass is 16.7. The van der Waals surface area contributed by atoms with Gasteiger partial charge in [-0.2, -0.15) is 0 Å². The molecule has 0 radical (unpaired) electrons. The van der Waals surface area contributed by atoms with E-state index in [1.54, 1.807) is 0 Å². The third-order valence-electron chi connectivity index (χ3n) is 5.40. The van der Waals surface area contributed by atoms with Gasteiger partial charge in [0.05, 0.1) is 13.2 Å². The maximum Gasteiger partial charge on any atom is 0.231 e. The Bertz CT molecular complexity index is 859. The Kier molecular flexibility index (Phi) is 4.44. The van der Waals surface area contributed by atoms with Gasteiger partial charge in [-0.15, -0.1) is 0 Å². The zero-order chi connectivity index (χ0) is 19.0. The van der Waals surface area contributed by atoms with Crippen LogP contribution in [0, 0.1) is 6.92 Å². The van der Waals surface area contributed by atoms with E-state index in [0.29, 0.717) is 19.8 Å². The summed E-state index contributed by atoms with van der Waals surface area (Å²) >= 11 is 0. The van der Waals surface area contributed by atoms with E-state index < -0.39 is 0 Å². The van der Waals surface area contributed by atoms with Crippen LogP contribution in [0.15, 0.2) is 24.3 Å². The van der Waals surface area contributed by atoms with Gasteiger partial charge in [-0.1, -0.05) is 6.07 Å². The number of hydrogen-bond donors (Lipinski definition) is 1. The van der Waals surface area contributed by atoms with E-state index in [2.05, 4.69) is 20.2 Å². The second kappa shape index (κ2) is 7.10. The fraction of sp³-hybridized carbons (Fsp3) is 0.500. The normalized spacial score (nSPS) is 20.0. The predicted octanol–water partition coefficient (Wildman–Crippen LogP) is 2.47. The first-order valence-electron chi connectivity index (χ1n) is 9.70. The van der Waals surface area contributed by atoms with E-state index >= 15 is 0 Å². The Morgan fingerprint density at radius 3 is 2.64 bits per heavy atom. The number of aromatic nitrogens is 2. The topological polar surface area (TPSA) is 78.0 Å². The Balaban J connectivity index is 1.25. The second-order valence-electron chi connectivity index (χ2n) is 7.29. The summed E-state index contributed by atoms with van der Waals surface area (Å²) in [6.07, 6.45) is 1.71. The van der Waals surface area contributed by atoms with Gasteiger partial charge in [0.25, 0.3) is 0 Å². The molecule has 4 heterocycles. The molecule has 1 spiro atoms. The molecule has 3 aliphatic heterocycles. The van der Waals surface area contributed by atoms with Crippen LogP contribution in [0.5, 0.6) is 11.5 Å². The van der Waals surface area contributed by atoms with Crippen molar-refractivity contribution in [2.24, 2.45) is 0 Å². The number of anilines is 2.